The Hall–Kier alpha value is -2.76. The van der Waals surface area contributed by atoms with E-state index in [-0.39, 0.29) is 5.91 Å². The molecule has 0 saturated carbocycles. The van der Waals surface area contributed by atoms with Crippen molar-refractivity contribution in [2.24, 2.45) is 0 Å². The molecule has 0 aliphatic carbocycles. The molecular formula is C14H14N4O2. The Balaban J connectivity index is 1.78. The number of hydrogen-bond acceptors (Lipinski definition) is 4. The first-order valence-corrected chi connectivity index (χ1v) is 6.20. The fourth-order valence-electron chi connectivity index (χ4n) is 2.09. The third-order valence-electron chi connectivity index (χ3n) is 3.05. The molecule has 0 saturated heterocycles. The van der Waals surface area contributed by atoms with E-state index in [4.69, 9.17) is 10.3 Å². The number of nitrogens with one attached hydrogen (secondary N) is 2. The first-order chi connectivity index (χ1) is 9.63. The van der Waals surface area contributed by atoms with Gasteiger partial charge < -0.3 is 20.6 Å². The minimum absolute atomic E-state index is 0.171. The first-order valence-electron chi connectivity index (χ1n) is 6.20. The van der Waals surface area contributed by atoms with Crippen LogP contribution in [-0.4, -0.2) is 16.0 Å². The molecule has 0 aliphatic heterocycles. The summed E-state index contributed by atoms with van der Waals surface area (Å²) in [6.07, 6.45) is 1.67. The van der Waals surface area contributed by atoms with E-state index in [1.54, 1.807) is 24.4 Å². The number of aromatic nitrogens is 2. The molecule has 3 aromatic rings. The zero-order valence-electron chi connectivity index (χ0n) is 10.9. The van der Waals surface area contributed by atoms with E-state index in [2.05, 4.69) is 15.5 Å². The van der Waals surface area contributed by atoms with Gasteiger partial charge in [-0.15, -0.1) is 0 Å². The summed E-state index contributed by atoms with van der Waals surface area (Å²) in [4.78, 5) is 15.2. The molecule has 4 N–H and O–H groups in total. The highest BCUT2D eigenvalue weighted by atomic mass is 16.5. The Morgan fingerprint density at radius 2 is 2.30 bits per heavy atom. The molecular weight excluding hydrogens is 256 g/mol. The van der Waals surface area contributed by atoms with Crippen LogP contribution in [0.4, 0.5) is 5.69 Å². The van der Waals surface area contributed by atoms with Crippen LogP contribution in [0, 0.1) is 6.92 Å². The van der Waals surface area contributed by atoms with Gasteiger partial charge in [-0.1, -0.05) is 5.16 Å². The molecule has 0 atom stereocenters. The van der Waals surface area contributed by atoms with Crippen LogP contribution >= 0.6 is 0 Å². The number of rotatable bonds is 3. The van der Waals surface area contributed by atoms with Crippen molar-refractivity contribution in [2.45, 2.75) is 13.5 Å². The number of nitrogens with zero attached hydrogens (tertiary/aromatic N) is 1. The molecule has 2 heterocycles. The number of nitrogen functional groups attached to an aromatic ring is 1. The van der Waals surface area contributed by atoms with Crippen LogP contribution in [0.3, 0.4) is 0 Å². The number of hydrogen-bond donors (Lipinski definition) is 3. The number of aromatic amines is 1. The quantitative estimate of drug-likeness (QED) is 0.634. The number of nitrogens with two attached hydrogens (primary N) is 1. The summed E-state index contributed by atoms with van der Waals surface area (Å²) < 4.78 is 5.05. The largest absolute Gasteiger partial charge is 0.399 e. The predicted molar refractivity (Wildman–Crippen MR) is 75.1 cm³/mol. The van der Waals surface area contributed by atoms with E-state index < -0.39 is 0 Å². The summed E-state index contributed by atoms with van der Waals surface area (Å²) in [7, 11) is 0. The van der Waals surface area contributed by atoms with Crippen LogP contribution in [0.1, 0.15) is 21.8 Å². The molecule has 6 nitrogen and oxygen atoms in total. The normalized spacial score (nSPS) is 10.8. The van der Waals surface area contributed by atoms with Gasteiger partial charge in [0.15, 0.2) is 5.76 Å². The van der Waals surface area contributed by atoms with E-state index in [1.165, 1.54) is 0 Å². The minimum Gasteiger partial charge on any atom is -0.399 e. The lowest BCUT2D eigenvalue weighted by molar-refractivity contribution is 0.0949. The molecule has 0 aliphatic rings. The van der Waals surface area contributed by atoms with Crippen molar-refractivity contribution in [2.75, 3.05) is 5.73 Å². The average Bonchev–Trinajstić information content (AvgIpc) is 3.01. The number of amides is 1. The molecule has 0 unspecified atom stereocenters. The van der Waals surface area contributed by atoms with E-state index in [0.29, 0.717) is 23.6 Å². The SMILES string of the molecule is Cc1cc(CNC(=O)c2c[nH]c3cc(N)ccc23)on1. The molecule has 0 bridgehead atoms. The fraction of sp³-hybridized carbons (Fsp3) is 0.143. The maximum absolute atomic E-state index is 12.2. The Labute approximate surface area is 114 Å². The lowest BCUT2D eigenvalue weighted by Crippen LogP contribution is -2.22. The third-order valence-corrected chi connectivity index (χ3v) is 3.05. The van der Waals surface area contributed by atoms with Crippen molar-refractivity contribution in [1.82, 2.24) is 15.5 Å². The van der Waals surface area contributed by atoms with Crippen LogP contribution in [-0.2, 0) is 6.54 Å². The smallest absolute Gasteiger partial charge is 0.253 e. The monoisotopic (exact) mass is 270 g/mol. The van der Waals surface area contributed by atoms with Gasteiger partial charge in [-0.25, -0.2) is 0 Å². The molecule has 1 amide bonds. The van der Waals surface area contributed by atoms with Crippen molar-refractivity contribution in [3.05, 3.63) is 47.5 Å². The van der Waals surface area contributed by atoms with Gasteiger partial charge in [0.1, 0.15) is 0 Å². The van der Waals surface area contributed by atoms with Crippen molar-refractivity contribution < 1.29 is 9.32 Å². The highest BCUT2D eigenvalue weighted by molar-refractivity contribution is 6.07. The highest BCUT2D eigenvalue weighted by Crippen LogP contribution is 2.20. The highest BCUT2D eigenvalue weighted by Gasteiger charge is 2.12. The van der Waals surface area contributed by atoms with Crippen molar-refractivity contribution in [1.29, 1.82) is 0 Å². The second-order valence-electron chi connectivity index (χ2n) is 4.62. The van der Waals surface area contributed by atoms with Crippen LogP contribution in [0.5, 0.6) is 0 Å². The Kier molecular flexibility index (Phi) is 2.90. The predicted octanol–water partition coefficient (Wildman–Crippen LogP) is 1.98. The number of aryl methyl sites for hydroxylation is 1. The van der Waals surface area contributed by atoms with Gasteiger partial charge in [-0.3, -0.25) is 4.79 Å². The van der Waals surface area contributed by atoms with Gasteiger partial charge in [-0.05, 0) is 25.1 Å². The van der Waals surface area contributed by atoms with Crippen molar-refractivity contribution in [3.63, 3.8) is 0 Å². The molecule has 3 rings (SSSR count). The number of benzene rings is 1. The van der Waals surface area contributed by atoms with Crippen LogP contribution < -0.4 is 11.1 Å². The number of anilines is 1. The summed E-state index contributed by atoms with van der Waals surface area (Å²) in [6.45, 7) is 2.14. The topological polar surface area (TPSA) is 96.9 Å². The summed E-state index contributed by atoms with van der Waals surface area (Å²) in [5.41, 5.74) is 8.57. The number of carbonyl (C=O) groups excluding carboxylic acids is 1. The van der Waals surface area contributed by atoms with Gasteiger partial charge >= 0.3 is 0 Å². The van der Waals surface area contributed by atoms with Gasteiger partial charge in [0, 0.05) is 28.9 Å². The zero-order chi connectivity index (χ0) is 14.1. The second-order valence-corrected chi connectivity index (χ2v) is 4.62. The van der Waals surface area contributed by atoms with Gasteiger partial charge in [-0.2, -0.15) is 0 Å². The van der Waals surface area contributed by atoms with Crippen molar-refractivity contribution >= 4 is 22.5 Å². The fourth-order valence-corrected chi connectivity index (χ4v) is 2.09. The van der Waals surface area contributed by atoms with Gasteiger partial charge in [0.2, 0.25) is 0 Å². The van der Waals surface area contributed by atoms with Gasteiger partial charge in [0.25, 0.3) is 5.91 Å². The standard InChI is InChI=1S/C14H14N4O2/c1-8-4-10(20-18-8)6-17-14(19)12-7-16-13-5-9(15)2-3-11(12)13/h2-5,7,16H,6,15H2,1H3,(H,17,19). The van der Waals surface area contributed by atoms with E-state index in [0.717, 1.165) is 16.6 Å². The van der Waals surface area contributed by atoms with Crippen molar-refractivity contribution in [3.8, 4) is 0 Å². The van der Waals surface area contributed by atoms with E-state index in [9.17, 15) is 4.79 Å². The number of carbonyl (C=O) groups is 1. The first kappa shape index (κ1) is 12.3. The van der Waals surface area contributed by atoms with Crippen LogP contribution in [0.15, 0.2) is 35.0 Å². The molecule has 0 fully saturated rings. The lowest BCUT2D eigenvalue weighted by Gasteiger charge is -2.01. The number of fused-ring (bicyclic) bond motifs is 1. The molecule has 6 heteroatoms. The second kappa shape index (κ2) is 4.73. The molecule has 0 radical (unpaired) electrons. The number of H-pyrrole nitrogens is 1. The zero-order valence-corrected chi connectivity index (χ0v) is 10.9. The van der Waals surface area contributed by atoms with Gasteiger partial charge in [0.05, 0.1) is 17.8 Å². The molecule has 1 aromatic carbocycles. The maximum atomic E-state index is 12.2. The van der Waals surface area contributed by atoms with Crippen LogP contribution in [0.25, 0.3) is 10.9 Å². The Morgan fingerprint density at radius 1 is 1.45 bits per heavy atom. The lowest BCUT2D eigenvalue weighted by atomic mass is 10.1. The summed E-state index contributed by atoms with van der Waals surface area (Å²) in [5, 5.41) is 7.41. The maximum Gasteiger partial charge on any atom is 0.253 e. The van der Waals surface area contributed by atoms with E-state index >= 15 is 0 Å². The molecule has 2 aromatic heterocycles. The Bertz CT molecular complexity index is 772. The summed E-state index contributed by atoms with van der Waals surface area (Å²) >= 11 is 0. The molecule has 0 spiro atoms. The molecule has 20 heavy (non-hydrogen) atoms. The Morgan fingerprint density at radius 3 is 3.05 bits per heavy atom. The summed E-state index contributed by atoms with van der Waals surface area (Å²) in [6, 6.07) is 7.18. The third kappa shape index (κ3) is 2.23. The minimum atomic E-state index is -0.171. The molecule has 102 valence electrons. The average molecular weight is 270 g/mol. The van der Waals surface area contributed by atoms with Crippen LogP contribution in [0.2, 0.25) is 0 Å². The summed E-state index contributed by atoms with van der Waals surface area (Å²) in [5.74, 6) is 0.454. The van der Waals surface area contributed by atoms with E-state index in [1.807, 2.05) is 13.0 Å².